The molecule has 1 aliphatic rings. The highest BCUT2D eigenvalue weighted by Gasteiger charge is 2.24. The Morgan fingerprint density at radius 3 is 2.33 bits per heavy atom. The molecule has 3 rings (SSSR count). The van der Waals surface area contributed by atoms with Gasteiger partial charge >= 0.3 is 0 Å². The summed E-state index contributed by atoms with van der Waals surface area (Å²) in [6.45, 7) is 10.7. The van der Waals surface area contributed by atoms with E-state index in [4.69, 9.17) is 15.7 Å². The number of hydrogen-bond acceptors (Lipinski definition) is 5. The smallest absolute Gasteiger partial charge is 0.145 e. The maximum atomic E-state index is 5.72. The molecular formula is C18H28N6. The molecule has 1 fully saturated rings. The van der Waals surface area contributed by atoms with E-state index in [9.17, 15) is 0 Å². The topological polar surface area (TPSA) is 83.7 Å². The number of anilines is 2. The molecule has 6 nitrogen and oxygen atoms in total. The molecule has 0 spiro atoms. The van der Waals surface area contributed by atoms with Crippen molar-refractivity contribution in [2.75, 3.05) is 23.7 Å². The molecule has 1 aliphatic heterocycles. The van der Waals surface area contributed by atoms with Crippen LogP contribution in [0.15, 0.2) is 12.1 Å². The first-order valence-corrected chi connectivity index (χ1v) is 8.88. The minimum Gasteiger partial charge on any atom is -0.382 e. The van der Waals surface area contributed by atoms with Crippen LogP contribution in [-0.4, -0.2) is 33.3 Å². The van der Waals surface area contributed by atoms with Crippen molar-refractivity contribution in [2.24, 2.45) is 0 Å². The second-order valence-electron chi connectivity index (χ2n) is 7.33. The van der Waals surface area contributed by atoms with Gasteiger partial charge in [0.1, 0.15) is 17.5 Å². The van der Waals surface area contributed by atoms with Gasteiger partial charge in [0.15, 0.2) is 0 Å². The van der Waals surface area contributed by atoms with Gasteiger partial charge in [-0.1, -0.05) is 27.7 Å². The number of H-pyrrole nitrogens is 1. The molecular weight excluding hydrogens is 300 g/mol. The standard InChI is InChI=1S/C18H28N6/c1-11(2)14-10-17(21-18(20-14)12(3)4)24-7-5-13(6-8-24)15-9-16(19)23-22-15/h9-13H,5-8H2,1-4H3,(H3,19,22,23). The van der Waals surface area contributed by atoms with Crippen LogP contribution in [0.5, 0.6) is 0 Å². The second-order valence-corrected chi connectivity index (χ2v) is 7.33. The molecule has 0 unspecified atom stereocenters. The minimum atomic E-state index is 0.341. The lowest BCUT2D eigenvalue weighted by Crippen LogP contribution is -2.34. The van der Waals surface area contributed by atoms with Crippen LogP contribution in [0.3, 0.4) is 0 Å². The second kappa shape index (κ2) is 6.79. The zero-order valence-electron chi connectivity index (χ0n) is 15.1. The van der Waals surface area contributed by atoms with Crippen molar-refractivity contribution in [2.45, 2.75) is 58.3 Å². The first-order valence-electron chi connectivity index (χ1n) is 8.88. The minimum absolute atomic E-state index is 0.341. The Bertz CT molecular complexity index is 656. The Kier molecular flexibility index (Phi) is 4.73. The number of aromatic nitrogens is 4. The van der Waals surface area contributed by atoms with Gasteiger partial charge in [-0.15, -0.1) is 0 Å². The highest BCUT2D eigenvalue weighted by molar-refractivity contribution is 5.42. The van der Waals surface area contributed by atoms with E-state index in [1.165, 1.54) is 0 Å². The average molecular weight is 328 g/mol. The maximum Gasteiger partial charge on any atom is 0.145 e. The van der Waals surface area contributed by atoms with Crippen LogP contribution < -0.4 is 10.6 Å². The van der Waals surface area contributed by atoms with Gasteiger partial charge in [0, 0.05) is 48.4 Å². The third-order valence-electron chi connectivity index (χ3n) is 4.73. The summed E-state index contributed by atoms with van der Waals surface area (Å²) in [4.78, 5) is 11.9. The van der Waals surface area contributed by atoms with Crippen LogP contribution >= 0.6 is 0 Å². The van der Waals surface area contributed by atoms with Gasteiger partial charge in [0.2, 0.25) is 0 Å². The van der Waals surface area contributed by atoms with Crippen LogP contribution in [0.2, 0.25) is 0 Å². The molecule has 0 atom stereocenters. The normalized spacial score (nSPS) is 16.3. The summed E-state index contributed by atoms with van der Waals surface area (Å²) in [6, 6.07) is 4.11. The molecule has 3 heterocycles. The highest BCUT2D eigenvalue weighted by atomic mass is 15.2. The van der Waals surface area contributed by atoms with Crippen LogP contribution in [0.25, 0.3) is 0 Å². The van der Waals surface area contributed by atoms with Gasteiger partial charge in [0.25, 0.3) is 0 Å². The third kappa shape index (κ3) is 3.52. The van der Waals surface area contributed by atoms with Gasteiger partial charge < -0.3 is 10.6 Å². The predicted octanol–water partition coefficient (Wildman–Crippen LogP) is 3.41. The van der Waals surface area contributed by atoms with E-state index >= 15 is 0 Å². The van der Waals surface area contributed by atoms with Gasteiger partial charge in [-0.3, -0.25) is 5.10 Å². The van der Waals surface area contributed by atoms with E-state index in [1.54, 1.807) is 0 Å². The van der Waals surface area contributed by atoms with Crippen LogP contribution in [0.1, 0.15) is 75.5 Å². The summed E-state index contributed by atoms with van der Waals surface area (Å²) in [5.74, 6) is 3.84. The molecule has 0 saturated carbocycles. The van der Waals surface area contributed by atoms with Crippen molar-refractivity contribution < 1.29 is 0 Å². The number of nitrogens with one attached hydrogen (secondary N) is 1. The summed E-state index contributed by atoms with van der Waals surface area (Å²) < 4.78 is 0. The summed E-state index contributed by atoms with van der Waals surface area (Å²) in [5, 5.41) is 7.11. The Labute approximate surface area is 143 Å². The third-order valence-corrected chi connectivity index (χ3v) is 4.73. The van der Waals surface area contributed by atoms with E-state index in [1.807, 2.05) is 6.07 Å². The Morgan fingerprint density at radius 2 is 1.79 bits per heavy atom. The Balaban J connectivity index is 1.76. The molecule has 3 N–H and O–H groups in total. The number of nitrogens with two attached hydrogens (primary N) is 1. The maximum absolute atomic E-state index is 5.72. The van der Waals surface area contributed by atoms with E-state index in [-0.39, 0.29) is 0 Å². The molecule has 1 saturated heterocycles. The van der Waals surface area contributed by atoms with E-state index in [0.717, 1.165) is 49.0 Å². The SMILES string of the molecule is CC(C)c1cc(N2CCC(c3cc(N)n[nH]3)CC2)nc(C(C)C)n1. The van der Waals surface area contributed by atoms with Gasteiger partial charge in [0.05, 0.1) is 0 Å². The lowest BCUT2D eigenvalue weighted by Gasteiger charge is -2.33. The molecule has 2 aromatic rings. The summed E-state index contributed by atoms with van der Waals surface area (Å²) >= 11 is 0. The molecule has 0 amide bonds. The van der Waals surface area contributed by atoms with Crippen LogP contribution in [0, 0.1) is 0 Å². The first kappa shape index (κ1) is 16.7. The van der Waals surface area contributed by atoms with Gasteiger partial charge in [-0.2, -0.15) is 5.10 Å². The molecule has 6 heteroatoms. The number of hydrogen-bond donors (Lipinski definition) is 2. The first-order chi connectivity index (χ1) is 11.4. The molecule has 130 valence electrons. The molecule has 0 aliphatic carbocycles. The van der Waals surface area contributed by atoms with Crippen molar-refractivity contribution in [1.29, 1.82) is 0 Å². The van der Waals surface area contributed by atoms with Crippen molar-refractivity contribution in [3.05, 3.63) is 29.3 Å². The zero-order chi connectivity index (χ0) is 17.3. The predicted molar refractivity (Wildman–Crippen MR) is 97.4 cm³/mol. The monoisotopic (exact) mass is 328 g/mol. The molecule has 24 heavy (non-hydrogen) atoms. The summed E-state index contributed by atoms with van der Waals surface area (Å²) in [7, 11) is 0. The van der Waals surface area contributed by atoms with Crippen molar-refractivity contribution in [3.8, 4) is 0 Å². The number of nitrogen functional groups attached to an aromatic ring is 1. The fourth-order valence-electron chi connectivity index (χ4n) is 3.17. The van der Waals surface area contributed by atoms with E-state index in [0.29, 0.717) is 23.6 Å². The number of aromatic amines is 1. The fraction of sp³-hybridized carbons (Fsp3) is 0.611. The summed E-state index contributed by atoms with van der Waals surface area (Å²) in [5.41, 5.74) is 8.01. The lowest BCUT2D eigenvalue weighted by molar-refractivity contribution is 0.491. The molecule has 0 radical (unpaired) electrons. The van der Waals surface area contributed by atoms with Gasteiger partial charge in [-0.05, 0) is 18.8 Å². The molecule has 0 aromatic carbocycles. The zero-order valence-corrected chi connectivity index (χ0v) is 15.1. The summed E-state index contributed by atoms with van der Waals surface area (Å²) in [6.07, 6.45) is 2.17. The Morgan fingerprint density at radius 1 is 1.08 bits per heavy atom. The van der Waals surface area contributed by atoms with Crippen molar-refractivity contribution >= 4 is 11.6 Å². The van der Waals surface area contributed by atoms with E-state index < -0.39 is 0 Å². The largest absolute Gasteiger partial charge is 0.382 e. The number of piperidine rings is 1. The average Bonchev–Trinajstić information content (AvgIpc) is 3.01. The quantitative estimate of drug-likeness (QED) is 0.898. The Hall–Kier alpha value is -2.11. The van der Waals surface area contributed by atoms with Crippen molar-refractivity contribution in [1.82, 2.24) is 20.2 Å². The molecule has 2 aromatic heterocycles. The fourth-order valence-corrected chi connectivity index (χ4v) is 3.17. The lowest BCUT2D eigenvalue weighted by atomic mass is 9.93. The van der Waals surface area contributed by atoms with Crippen molar-refractivity contribution in [3.63, 3.8) is 0 Å². The van der Waals surface area contributed by atoms with Crippen LogP contribution in [0.4, 0.5) is 11.6 Å². The molecule has 0 bridgehead atoms. The van der Waals surface area contributed by atoms with Crippen LogP contribution in [-0.2, 0) is 0 Å². The number of rotatable bonds is 4. The highest BCUT2D eigenvalue weighted by Crippen LogP contribution is 2.30. The number of nitrogens with zero attached hydrogens (tertiary/aromatic N) is 4. The van der Waals surface area contributed by atoms with Gasteiger partial charge in [-0.25, -0.2) is 9.97 Å². The van der Waals surface area contributed by atoms with E-state index in [2.05, 4.69) is 48.9 Å².